The fourth-order valence-electron chi connectivity index (χ4n) is 1.28. The molecule has 0 aliphatic carbocycles. The predicted molar refractivity (Wildman–Crippen MR) is 72.1 cm³/mol. The SMILES string of the molecule is CCCCNCc1ccc(SC)cc1.Cl. The number of unbranched alkanes of at least 4 members (excludes halogenated alkanes) is 1. The molecule has 15 heavy (non-hydrogen) atoms. The molecule has 1 aromatic rings. The highest BCUT2D eigenvalue weighted by Gasteiger charge is 1.92. The van der Waals surface area contributed by atoms with Crippen LogP contribution in [0, 0.1) is 0 Å². The first-order chi connectivity index (χ1) is 6.86. The quantitative estimate of drug-likeness (QED) is 0.606. The average Bonchev–Trinajstić information content (AvgIpc) is 2.25. The molecule has 0 unspecified atom stereocenters. The first kappa shape index (κ1) is 14.8. The lowest BCUT2D eigenvalue weighted by Crippen LogP contribution is -2.14. The van der Waals surface area contributed by atoms with Gasteiger partial charge in [0.25, 0.3) is 0 Å². The zero-order valence-corrected chi connectivity index (χ0v) is 11.1. The molecule has 1 aromatic carbocycles. The summed E-state index contributed by atoms with van der Waals surface area (Å²) in [6, 6.07) is 8.76. The maximum Gasteiger partial charge on any atom is 0.0205 e. The molecule has 0 aliphatic rings. The van der Waals surface area contributed by atoms with Crippen molar-refractivity contribution in [2.24, 2.45) is 0 Å². The van der Waals surface area contributed by atoms with Gasteiger partial charge in [-0.15, -0.1) is 24.2 Å². The van der Waals surface area contributed by atoms with Gasteiger partial charge in [0.15, 0.2) is 0 Å². The molecule has 0 heterocycles. The van der Waals surface area contributed by atoms with Crippen molar-refractivity contribution < 1.29 is 0 Å². The minimum atomic E-state index is 0. The van der Waals surface area contributed by atoms with Gasteiger partial charge in [-0.2, -0.15) is 0 Å². The van der Waals surface area contributed by atoms with Crippen molar-refractivity contribution in [3.8, 4) is 0 Å². The average molecular weight is 246 g/mol. The Hall–Kier alpha value is -0.180. The van der Waals surface area contributed by atoms with E-state index in [0.29, 0.717) is 0 Å². The van der Waals surface area contributed by atoms with E-state index < -0.39 is 0 Å². The lowest BCUT2D eigenvalue weighted by Gasteiger charge is -2.04. The third kappa shape index (κ3) is 6.08. The molecule has 86 valence electrons. The maximum absolute atomic E-state index is 3.43. The minimum Gasteiger partial charge on any atom is -0.313 e. The Morgan fingerprint density at radius 3 is 2.40 bits per heavy atom. The Morgan fingerprint density at radius 2 is 1.87 bits per heavy atom. The van der Waals surface area contributed by atoms with Gasteiger partial charge in [-0.3, -0.25) is 0 Å². The van der Waals surface area contributed by atoms with Gasteiger partial charge in [0.05, 0.1) is 0 Å². The molecule has 0 atom stereocenters. The lowest BCUT2D eigenvalue weighted by atomic mass is 10.2. The van der Waals surface area contributed by atoms with Crippen molar-refractivity contribution in [3.63, 3.8) is 0 Å². The molecule has 1 nitrogen and oxygen atoms in total. The molecule has 0 radical (unpaired) electrons. The van der Waals surface area contributed by atoms with Crippen molar-refractivity contribution in [1.29, 1.82) is 0 Å². The molecule has 3 heteroatoms. The van der Waals surface area contributed by atoms with Gasteiger partial charge in [0.2, 0.25) is 0 Å². The number of hydrogen-bond acceptors (Lipinski definition) is 2. The summed E-state index contributed by atoms with van der Waals surface area (Å²) in [6.07, 6.45) is 4.63. The summed E-state index contributed by atoms with van der Waals surface area (Å²) in [5.74, 6) is 0. The second kappa shape index (κ2) is 9.08. The minimum absolute atomic E-state index is 0. The molecule has 1 rings (SSSR count). The summed E-state index contributed by atoms with van der Waals surface area (Å²) < 4.78 is 0. The maximum atomic E-state index is 3.43. The number of benzene rings is 1. The molecule has 0 aromatic heterocycles. The summed E-state index contributed by atoms with van der Waals surface area (Å²) in [5.41, 5.74) is 1.37. The highest BCUT2D eigenvalue weighted by molar-refractivity contribution is 7.98. The van der Waals surface area contributed by atoms with Crippen molar-refractivity contribution in [2.45, 2.75) is 31.2 Å². The predicted octanol–water partition coefficient (Wildman–Crippen LogP) is 3.72. The van der Waals surface area contributed by atoms with E-state index in [9.17, 15) is 0 Å². The Kier molecular flexibility index (Phi) is 8.97. The van der Waals surface area contributed by atoms with E-state index in [1.54, 1.807) is 11.8 Å². The molecule has 1 N–H and O–H groups in total. The van der Waals surface area contributed by atoms with Crippen molar-refractivity contribution in [3.05, 3.63) is 29.8 Å². The summed E-state index contributed by atoms with van der Waals surface area (Å²) in [4.78, 5) is 1.34. The van der Waals surface area contributed by atoms with Gasteiger partial charge in [-0.25, -0.2) is 0 Å². The van der Waals surface area contributed by atoms with Crippen LogP contribution >= 0.6 is 24.2 Å². The first-order valence-corrected chi connectivity index (χ1v) is 6.43. The van der Waals surface area contributed by atoms with Gasteiger partial charge in [-0.05, 0) is 36.9 Å². The third-order valence-corrected chi connectivity index (χ3v) is 2.94. The Balaban J connectivity index is 0.00000196. The largest absolute Gasteiger partial charge is 0.313 e. The van der Waals surface area contributed by atoms with Crippen LogP contribution in [-0.2, 0) is 6.54 Å². The van der Waals surface area contributed by atoms with E-state index in [4.69, 9.17) is 0 Å². The summed E-state index contributed by atoms with van der Waals surface area (Å²) in [6.45, 7) is 4.34. The van der Waals surface area contributed by atoms with Crippen LogP contribution in [0.15, 0.2) is 29.2 Å². The van der Waals surface area contributed by atoms with Gasteiger partial charge >= 0.3 is 0 Å². The molecule has 0 aliphatic heterocycles. The third-order valence-electron chi connectivity index (χ3n) is 2.20. The monoisotopic (exact) mass is 245 g/mol. The van der Waals surface area contributed by atoms with E-state index in [1.807, 2.05) is 0 Å². The van der Waals surface area contributed by atoms with Crippen LogP contribution in [-0.4, -0.2) is 12.8 Å². The molecule has 0 saturated heterocycles. The summed E-state index contributed by atoms with van der Waals surface area (Å²) >= 11 is 1.79. The first-order valence-electron chi connectivity index (χ1n) is 5.20. The lowest BCUT2D eigenvalue weighted by molar-refractivity contribution is 0.641. The zero-order valence-electron chi connectivity index (χ0n) is 9.45. The van der Waals surface area contributed by atoms with E-state index >= 15 is 0 Å². The van der Waals surface area contributed by atoms with Crippen LogP contribution in [0.2, 0.25) is 0 Å². The molecule has 0 spiro atoms. The molecule has 0 bridgehead atoms. The number of rotatable bonds is 6. The summed E-state index contributed by atoms with van der Waals surface area (Å²) in [5, 5.41) is 3.43. The fraction of sp³-hybridized carbons (Fsp3) is 0.500. The smallest absolute Gasteiger partial charge is 0.0205 e. The normalized spacial score (nSPS) is 9.73. The van der Waals surface area contributed by atoms with E-state index in [1.165, 1.54) is 23.3 Å². The Bertz CT molecular complexity index is 248. The Labute approximate surface area is 103 Å². The second-order valence-corrected chi connectivity index (χ2v) is 4.26. The number of nitrogens with one attached hydrogen (secondary N) is 1. The zero-order chi connectivity index (χ0) is 10.2. The van der Waals surface area contributed by atoms with Crippen LogP contribution in [0.4, 0.5) is 0 Å². The highest BCUT2D eigenvalue weighted by Crippen LogP contribution is 2.14. The second-order valence-electron chi connectivity index (χ2n) is 3.38. The fourth-order valence-corrected chi connectivity index (χ4v) is 1.69. The summed E-state index contributed by atoms with van der Waals surface area (Å²) in [7, 11) is 0. The molecular formula is C12H20ClNS. The van der Waals surface area contributed by atoms with Crippen LogP contribution in [0.25, 0.3) is 0 Å². The van der Waals surface area contributed by atoms with E-state index in [2.05, 4.69) is 42.8 Å². The van der Waals surface area contributed by atoms with Crippen LogP contribution in [0.5, 0.6) is 0 Å². The van der Waals surface area contributed by atoms with Gasteiger partial charge < -0.3 is 5.32 Å². The van der Waals surface area contributed by atoms with Crippen molar-refractivity contribution >= 4 is 24.2 Å². The number of halogens is 1. The van der Waals surface area contributed by atoms with Crippen LogP contribution in [0.1, 0.15) is 25.3 Å². The molecular weight excluding hydrogens is 226 g/mol. The highest BCUT2D eigenvalue weighted by atomic mass is 35.5. The van der Waals surface area contributed by atoms with Gasteiger partial charge in [-0.1, -0.05) is 25.5 Å². The van der Waals surface area contributed by atoms with E-state index in [-0.39, 0.29) is 12.4 Å². The van der Waals surface area contributed by atoms with E-state index in [0.717, 1.165) is 13.1 Å². The van der Waals surface area contributed by atoms with Gasteiger partial charge in [0.1, 0.15) is 0 Å². The number of hydrogen-bond donors (Lipinski definition) is 1. The van der Waals surface area contributed by atoms with Crippen LogP contribution in [0.3, 0.4) is 0 Å². The van der Waals surface area contributed by atoms with Crippen LogP contribution < -0.4 is 5.32 Å². The molecule has 0 amide bonds. The molecule has 0 saturated carbocycles. The number of thioether (sulfide) groups is 1. The Morgan fingerprint density at radius 1 is 1.20 bits per heavy atom. The van der Waals surface area contributed by atoms with Crippen molar-refractivity contribution in [2.75, 3.05) is 12.8 Å². The molecule has 0 fully saturated rings. The van der Waals surface area contributed by atoms with Crippen molar-refractivity contribution in [1.82, 2.24) is 5.32 Å². The van der Waals surface area contributed by atoms with Gasteiger partial charge in [0, 0.05) is 11.4 Å². The standard InChI is InChI=1S/C12H19NS.ClH/c1-3-4-9-13-10-11-5-7-12(14-2)8-6-11;/h5-8,13H,3-4,9-10H2,1-2H3;1H. The topological polar surface area (TPSA) is 12.0 Å².